The molecule has 1 saturated heterocycles. The number of rotatable bonds is 4. The Morgan fingerprint density at radius 1 is 1.38 bits per heavy atom. The van der Waals surface area contributed by atoms with Crippen LogP contribution >= 0.6 is 23.7 Å². The van der Waals surface area contributed by atoms with Crippen molar-refractivity contribution in [2.75, 3.05) is 24.7 Å². The lowest BCUT2D eigenvalue weighted by Gasteiger charge is -2.33. The molecule has 24 heavy (non-hydrogen) atoms. The van der Waals surface area contributed by atoms with E-state index in [1.165, 1.54) is 6.26 Å². The van der Waals surface area contributed by atoms with E-state index in [0.717, 1.165) is 17.6 Å². The Balaban J connectivity index is 0.00000208. The molecule has 1 aliphatic rings. The van der Waals surface area contributed by atoms with Crippen molar-refractivity contribution in [3.05, 3.63) is 18.4 Å². The maximum absolute atomic E-state index is 12.6. The number of amides is 1. The Bertz CT molecular complexity index is 798. The molecule has 3 heterocycles. The summed E-state index contributed by atoms with van der Waals surface area (Å²) < 4.78 is 28.2. The number of aromatic nitrogens is 2. The van der Waals surface area contributed by atoms with Crippen LogP contribution in [0.3, 0.4) is 0 Å². The van der Waals surface area contributed by atoms with E-state index in [4.69, 9.17) is 4.42 Å². The number of halogens is 1. The third kappa shape index (κ3) is 3.46. The molecule has 1 fully saturated rings. The zero-order valence-corrected chi connectivity index (χ0v) is 15.3. The fourth-order valence-corrected chi connectivity index (χ4v) is 4.62. The smallest absolute Gasteiger partial charge is 0.247 e. The maximum atomic E-state index is 12.6. The van der Waals surface area contributed by atoms with Gasteiger partial charge in [0.25, 0.3) is 0 Å². The van der Waals surface area contributed by atoms with E-state index in [-0.39, 0.29) is 30.4 Å². The van der Waals surface area contributed by atoms with Crippen molar-refractivity contribution < 1.29 is 17.6 Å². The van der Waals surface area contributed by atoms with Crippen molar-refractivity contribution in [2.45, 2.75) is 17.6 Å². The molecule has 0 aliphatic carbocycles. The monoisotopic (exact) mass is 392 g/mol. The summed E-state index contributed by atoms with van der Waals surface area (Å²) in [6.07, 6.45) is 3.10. The molecule has 2 N–H and O–H groups in total. The predicted molar refractivity (Wildman–Crippen MR) is 93.2 cm³/mol. The van der Waals surface area contributed by atoms with Crippen LogP contribution in [0.25, 0.3) is 10.8 Å². The van der Waals surface area contributed by atoms with Crippen molar-refractivity contribution in [3.63, 3.8) is 0 Å². The van der Waals surface area contributed by atoms with Crippen LogP contribution in [0.1, 0.15) is 12.8 Å². The van der Waals surface area contributed by atoms with Crippen molar-refractivity contribution in [2.24, 2.45) is 0 Å². The fraction of sp³-hybridized carbons (Fsp3) is 0.462. The number of nitrogens with one attached hydrogen (secondary N) is 2. The van der Waals surface area contributed by atoms with Gasteiger partial charge in [0.15, 0.2) is 25.4 Å². The number of sulfone groups is 1. The van der Waals surface area contributed by atoms with Crippen LogP contribution in [-0.4, -0.2) is 48.6 Å². The third-order valence-electron chi connectivity index (χ3n) is 3.91. The number of piperidine rings is 1. The Kier molecular flexibility index (Phi) is 5.63. The summed E-state index contributed by atoms with van der Waals surface area (Å²) in [7, 11) is -3.56. The molecule has 0 bridgehead atoms. The van der Waals surface area contributed by atoms with Gasteiger partial charge in [0.05, 0.1) is 6.26 Å². The maximum Gasteiger partial charge on any atom is 0.247 e. The number of anilines is 1. The minimum absolute atomic E-state index is 0. The third-order valence-corrected chi connectivity index (χ3v) is 6.78. The lowest BCUT2D eigenvalue weighted by Crippen LogP contribution is -2.55. The highest BCUT2D eigenvalue weighted by atomic mass is 35.5. The van der Waals surface area contributed by atoms with Gasteiger partial charge in [0, 0.05) is 6.26 Å². The van der Waals surface area contributed by atoms with E-state index >= 15 is 0 Å². The van der Waals surface area contributed by atoms with Gasteiger partial charge < -0.3 is 9.73 Å². The summed E-state index contributed by atoms with van der Waals surface area (Å²) in [5.74, 6) is -0.00802. The molecule has 0 spiro atoms. The minimum Gasteiger partial charge on any atom is -0.462 e. The first-order valence-corrected chi connectivity index (χ1v) is 9.72. The highest BCUT2D eigenvalue weighted by Crippen LogP contribution is 2.31. The molecular formula is C13H17ClN4O4S2. The van der Waals surface area contributed by atoms with Gasteiger partial charge in [-0.2, -0.15) is 0 Å². The van der Waals surface area contributed by atoms with Crippen LogP contribution in [0.2, 0.25) is 0 Å². The molecule has 3 rings (SSSR count). The summed E-state index contributed by atoms with van der Waals surface area (Å²) >= 11 is 1.13. The first-order valence-electron chi connectivity index (χ1n) is 7.01. The van der Waals surface area contributed by atoms with Gasteiger partial charge in [-0.15, -0.1) is 22.6 Å². The highest BCUT2D eigenvalue weighted by Gasteiger charge is 2.48. The zero-order valence-electron chi connectivity index (χ0n) is 12.8. The highest BCUT2D eigenvalue weighted by molar-refractivity contribution is 7.92. The molecular weight excluding hydrogens is 376 g/mol. The number of carbonyl (C=O) groups excluding carboxylic acids is 1. The average Bonchev–Trinajstić information content (AvgIpc) is 3.17. The summed E-state index contributed by atoms with van der Waals surface area (Å²) in [5, 5.41) is 14.3. The second-order valence-corrected chi connectivity index (χ2v) is 8.66. The average molecular weight is 393 g/mol. The molecule has 1 amide bonds. The number of hydrogen-bond donors (Lipinski definition) is 2. The van der Waals surface area contributed by atoms with Gasteiger partial charge in [0.2, 0.25) is 11.0 Å². The molecule has 0 unspecified atom stereocenters. The molecule has 8 nitrogen and oxygen atoms in total. The second kappa shape index (κ2) is 7.18. The molecule has 132 valence electrons. The van der Waals surface area contributed by atoms with E-state index in [1.807, 2.05) is 0 Å². The van der Waals surface area contributed by atoms with E-state index in [9.17, 15) is 13.2 Å². The summed E-state index contributed by atoms with van der Waals surface area (Å²) in [6, 6.07) is 3.46. The largest absolute Gasteiger partial charge is 0.462 e. The molecule has 2 aromatic heterocycles. The van der Waals surface area contributed by atoms with Gasteiger partial charge in [-0.25, -0.2) is 8.42 Å². The quantitative estimate of drug-likeness (QED) is 0.806. The van der Waals surface area contributed by atoms with Crippen LogP contribution in [0.15, 0.2) is 22.8 Å². The molecule has 0 atom stereocenters. The fourth-order valence-electron chi connectivity index (χ4n) is 2.58. The van der Waals surface area contributed by atoms with Crippen LogP contribution in [0, 0.1) is 0 Å². The lowest BCUT2D eigenvalue weighted by molar-refractivity contribution is -0.119. The second-order valence-electron chi connectivity index (χ2n) is 5.36. The number of carbonyl (C=O) groups is 1. The molecule has 11 heteroatoms. The van der Waals surface area contributed by atoms with E-state index in [0.29, 0.717) is 23.9 Å². The molecule has 0 aromatic carbocycles. The number of furan rings is 1. The van der Waals surface area contributed by atoms with Gasteiger partial charge in [-0.3, -0.25) is 10.1 Å². The van der Waals surface area contributed by atoms with Crippen molar-refractivity contribution in [1.82, 2.24) is 15.5 Å². The van der Waals surface area contributed by atoms with Crippen LogP contribution in [0.4, 0.5) is 5.13 Å². The summed E-state index contributed by atoms with van der Waals surface area (Å²) in [4.78, 5) is 12.6. The minimum atomic E-state index is -3.56. The van der Waals surface area contributed by atoms with Gasteiger partial charge in [-0.05, 0) is 38.1 Å². The van der Waals surface area contributed by atoms with E-state index < -0.39 is 20.5 Å². The van der Waals surface area contributed by atoms with Gasteiger partial charge in [0.1, 0.15) is 0 Å². The lowest BCUT2D eigenvalue weighted by atomic mass is 9.96. The Labute approximate surface area is 149 Å². The van der Waals surface area contributed by atoms with Crippen molar-refractivity contribution >= 4 is 44.6 Å². The predicted octanol–water partition coefficient (Wildman–Crippen LogP) is 1.33. The first kappa shape index (κ1) is 18.8. The van der Waals surface area contributed by atoms with Crippen LogP contribution < -0.4 is 10.6 Å². The van der Waals surface area contributed by atoms with Crippen molar-refractivity contribution in [3.8, 4) is 10.8 Å². The topological polar surface area (TPSA) is 114 Å². The normalized spacial score (nSPS) is 17.0. The first-order chi connectivity index (χ1) is 10.9. The van der Waals surface area contributed by atoms with Crippen LogP contribution in [0.5, 0.6) is 0 Å². The van der Waals surface area contributed by atoms with Gasteiger partial charge >= 0.3 is 0 Å². The molecule has 2 aromatic rings. The molecule has 0 radical (unpaired) electrons. The SMILES string of the molecule is CS(=O)(=O)C1(C(=O)Nc2nnc(-c3ccco3)s2)CCNCC1.Cl. The number of hydrogen-bond acceptors (Lipinski definition) is 8. The summed E-state index contributed by atoms with van der Waals surface area (Å²) in [6.45, 7) is 0.961. The Morgan fingerprint density at radius 2 is 2.08 bits per heavy atom. The number of nitrogens with zero attached hydrogens (tertiary/aromatic N) is 2. The summed E-state index contributed by atoms with van der Waals surface area (Å²) in [5.41, 5.74) is 0. The molecule has 1 aliphatic heterocycles. The Hall–Kier alpha value is -1.49. The zero-order chi connectivity index (χ0) is 16.5. The molecule has 0 saturated carbocycles. The standard InChI is InChI=1S/C13H16N4O4S2.ClH/c1-23(19,20)13(4-6-14-7-5-13)11(18)15-12-17-16-10(22-12)9-3-2-8-21-9;/h2-3,8,14H,4-7H2,1H3,(H,15,17,18);1H. The van der Waals surface area contributed by atoms with Gasteiger partial charge in [-0.1, -0.05) is 11.3 Å². The van der Waals surface area contributed by atoms with Crippen LogP contribution in [-0.2, 0) is 14.6 Å². The van der Waals surface area contributed by atoms with E-state index in [2.05, 4.69) is 20.8 Å². The van der Waals surface area contributed by atoms with Crippen molar-refractivity contribution in [1.29, 1.82) is 0 Å². The van der Waals surface area contributed by atoms with E-state index in [1.54, 1.807) is 12.1 Å². The Morgan fingerprint density at radius 3 is 2.67 bits per heavy atom.